The fourth-order valence-electron chi connectivity index (χ4n) is 3.16. The molecule has 34 heavy (non-hydrogen) atoms. The predicted octanol–water partition coefficient (Wildman–Crippen LogP) is 5.08. The van der Waals surface area contributed by atoms with E-state index in [1.807, 2.05) is 6.07 Å². The van der Waals surface area contributed by atoms with Gasteiger partial charge >= 0.3 is 11.7 Å². The van der Waals surface area contributed by atoms with E-state index in [1.54, 1.807) is 24.3 Å². The first-order chi connectivity index (χ1) is 16.3. The van der Waals surface area contributed by atoms with Crippen molar-refractivity contribution >= 4 is 29.2 Å². The van der Waals surface area contributed by atoms with Crippen molar-refractivity contribution in [1.29, 1.82) is 0 Å². The first kappa shape index (κ1) is 24.5. The average molecular weight is 485 g/mol. The number of nitro groups is 1. The van der Waals surface area contributed by atoms with Crippen LogP contribution in [0.15, 0.2) is 66.7 Å². The third kappa shape index (κ3) is 6.02. The first-order valence-electron chi connectivity index (χ1n) is 10.0. The number of nitrogens with one attached hydrogen (secondary N) is 1. The zero-order valence-corrected chi connectivity index (χ0v) is 19.1. The zero-order chi connectivity index (χ0) is 24.7. The number of methoxy groups -OCH3 is 2. The molecule has 0 saturated heterocycles. The molecular formula is C24H21ClN2O7. The van der Waals surface area contributed by atoms with Crippen molar-refractivity contribution < 1.29 is 28.7 Å². The Morgan fingerprint density at radius 1 is 1.00 bits per heavy atom. The zero-order valence-electron chi connectivity index (χ0n) is 18.3. The molecule has 0 bridgehead atoms. The van der Waals surface area contributed by atoms with E-state index in [0.29, 0.717) is 0 Å². The van der Waals surface area contributed by atoms with E-state index in [1.165, 1.54) is 50.6 Å². The maximum atomic E-state index is 13.0. The third-order valence-electron chi connectivity index (χ3n) is 4.87. The summed E-state index contributed by atoms with van der Waals surface area (Å²) in [4.78, 5) is 35.5. The summed E-state index contributed by atoms with van der Waals surface area (Å²) in [6.07, 6.45) is -0.0508. The second-order valence-corrected chi connectivity index (χ2v) is 7.49. The lowest BCUT2D eigenvalue weighted by Gasteiger charge is -2.19. The maximum absolute atomic E-state index is 13.0. The fraction of sp³-hybridized carbons (Fsp3) is 0.167. The van der Waals surface area contributed by atoms with Gasteiger partial charge in [0.1, 0.15) is 0 Å². The van der Waals surface area contributed by atoms with E-state index < -0.39 is 22.8 Å². The van der Waals surface area contributed by atoms with Gasteiger partial charge in [-0.2, -0.15) is 0 Å². The van der Waals surface area contributed by atoms with Gasteiger partial charge in [-0.15, -0.1) is 0 Å². The summed E-state index contributed by atoms with van der Waals surface area (Å²) in [5.41, 5.74) is 0.661. The largest absolute Gasteiger partial charge is 0.493 e. The summed E-state index contributed by atoms with van der Waals surface area (Å²) in [6.45, 7) is 0. The molecule has 3 rings (SSSR count). The minimum atomic E-state index is -0.611. The highest BCUT2D eigenvalue weighted by molar-refractivity contribution is 6.30. The first-order valence-corrected chi connectivity index (χ1v) is 10.4. The van der Waals surface area contributed by atoms with Gasteiger partial charge in [-0.3, -0.25) is 19.7 Å². The Morgan fingerprint density at radius 3 is 2.35 bits per heavy atom. The Balaban J connectivity index is 1.85. The van der Waals surface area contributed by atoms with Crippen molar-refractivity contribution in [3.8, 4) is 17.2 Å². The van der Waals surface area contributed by atoms with E-state index in [9.17, 15) is 19.7 Å². The van der Waals surface area contributed by atoms with E-state index in [2.05, 4.69) is 5.32 Å². The number of hydrogen-bond donors (Lipinski definition) is 1. The SMILES string of the molecule is COC(=O)C[C@H](NC(=O)c1ccc(Oc2ccc(Cl)cc2[N+](=O)[O-])c(OC)c1)c1ccccc1. The minimum absolute atomic E-state index is 0.0351. The highest BCUT2D eigenvalue weighted by atomic mass is 35.5. The van der Waals surface area contributed by atoms with Gasteiger partial charge in [-0.1, -0.05) is 41.9 Å². The summed E-state index contributed by atoms with van der Waals surface area (Å²) in [6, 6.07) is 16.8. The number of carbonyl (C=O) groups excluding carboxylic acids is 2. The van der Waals surface area contributed by atoms with Crippen molar-refractivity contribution in [2.75, 3.05) is 14.2 Å². The standard InChI is InChI=1S/C24H21ClN2O7/c1-32-22-12-16(8-10-21(22)34-20-11-9-17(25)13-19(20)27(30)31)24(29)26-18(14-23(28)33-2)15-6-4-3-5-7-15/h3-13,18H,14H2,1-2H3,(H,26,29)/t18-/m0/s1. The Morgan fingerprint density at radius 2 is 1.71 bits per heavy atom. The summed E-state index contributed by atoms with van der Waals surface area (Å²) >= 11 is 5.85. The number of carbonyl (C=O) groups is 2. The maximum Gasteiger partial charge on any atom is 0.313 e. The Labute approximate surface area is 200 Å². The van der Waals surface area contributed by atoms with E-state index in [4.69, 9.17) is 25.8 Å². The van der Waals surface area contributed by atoms with Crippen LogP contribution in [-0.2, 0) is 9.53 Å². The van der Waals surface area contributed by atoms with Crippen LogP contribution in [0.4, 0.5) is 5.69 Å². The molecule has 1 atom stereocenters. The number of hydrogen-bond acceptors (Lipinski definition) is 7. The van der Waals surface area contributed by atoms with Gasteiger partial charge in [0.25, 0.3) is 5.91 Å². The number of esters is 1. The van der Waals surface area contributed by atoms with E-state index in [-0.39, 0.29) is 39.9 Å². The molecule has 0 spiro atoms. The molecule has 0 aliphatic carbocycles. The third-order valence-corrected chi connectivity index (χ3v) is 5.10. The lowest BCUT2D eigenvalue weighted by atomic mass is 10.0. The van der Waals surface area contributed by atoms with Crippen LogP contribution in [0.3, 0.4) is 0 Å². The molecule has 0 aliphatic heterocycles. The van der Waals surface area contributed by atoms with Gasteiger partial charge in [0.05, 0.1) is 31.6 Å². The monoisotopic (exact) mass is 484 g/mol. The molecule has 0 heterocycles. The van der Waals surface area contributed by atoms with Gasteiger partial charge in [0.15, 0.2) is 11.5 Å². The molecule has 0 aliphatic rings. The Bertz CT molecular complexity index is 1200. The fourth-order valence-corrected chi connectivity index (χ4v) is 3.33. The van der Waals surface area contributed by atoms with Crippen molar-refractivity contribution in [1.82, 2.24) is 5.32 Å². The van der Waals surface area contributed by atoms with Crippen LogP contribution in [0.5, 0.6) is 17.2 Å². The molecule has 3 aromatic carbocycles. The number of nitrogens with zero attached hydrogens (tertiary/aromatic N) is 1. The topological polar surface area (TPSA) is 117 Å². The quantitative estimate of drug-likeness (QED) is 0.255. The number of rotatable bonds is 9. The lowest BCUT2D eigenvalue weighted by Crippen LogP contribution is -2.30. The molecule has 9 nitrogen and oxygen atoms in total. The van der Waals surface area contributed by atoms with Crippen LogP contribution in [-0.4, -0.2) is 31.0 Å². The molecule has 0 aromatic heterocycles. The minimum Gasteiger partial charge on any atom is -0.493 e. The van der Waals surface area contributed by atoms with E-state index >= 15 is 0 Å². The normalized spacial score (nSPS) is 11.3. The predicted molar refractivity (Wildman–Crippen MR) is 124 cm³/mol. The number of ether oxygens (including phenoxy) is 3. The molecule has 1 amide bonds. The Hall–Kier alpha value is -4.11. The van der Waals surface area contributed by atoms with Crippen molar-refractivity contribution in [2.24, 2.45) is 0 Å². The Kier molecular flexibility index (Phi) is 8.05. The summed E-state index contributed by atoms with van der Waals surface area (Å²) in [5, 5.41) is 14.3. The smallest absolute Gasteiger partial charge is 0.313 e. The summed E-state index contributed by atoms with van der Waals surface area (Å²) < 4.78 is 15.8. The number of amides is 1. The van der Waals surface area contributed by atoms with Crippen LogP contribution >= 0.6 is 11.6 Å². The average Bonchev–Trinajstić information content (AvgIpc) is 2.85. The van der Waals surface area contributed by atoms with Crippen LogP contribution in [0, 0.1) is 10.1 Å². The van der Waals surface area contributed by atoms with Gasteiger partial charge in [0.2, 0.25) is 5.75 Å². The summed E-state index contributed by atoms with van der Waals surface area (Å²) in [7, 11) is 2.66. The molecule has 0 saturated carbocycles. The van der Waals surface area contributed by atoms with Crippen LogP contribution in [0.1, 0.15) is 28.4 Å². The summed E-state index contributed by atoms with van der Waals surface area (Å²) in [5.74, 6) is -0.619. The second-order valence-electron chi connectivity index (χ2n) is 7.05. The molecule has 176 valence electrons. The highest BCUT2D eigenvalue weighted by Crippen LogP contribution is 2.38. The lowest BCUT2D eigenvalue weighted by molar-refractivity contribution is -0.385. The van der Waals surface area contributed by atoms with E-state index in [0.717, 1.165) is 5.56 Å². The van der Waals surface area contributed by atoms with Gasteiger partial charge in [-0.25, -0.2) is 0 Å². The molecule has 1 N–H and O–H groups in total. The number of halogens is 1. The second kappa shape index (κ2) is 11.2. The molecule has 0 unspecified atom stereocenters. The van der Waals surface area contributed by atoms with Crippen LogP contribution < -0.4 is 14.8 Å². The van der Waals surface area contributed by atoms with Crippen LogP contribution in [0.2, 0.25) is 5.02 Å². The van der Waals surface area contributed by atoms with Crippen molar-refractivity contribution in [3.05, 3.63) is 93.0 Å². The molecule has 3 aromatic rings. The number of benzene rings is 3. The highest BCUT2D eigenvalue weighted by Gasteiger charge is 2.22. The van der Waals surface area contributed by atoms with Crippen molar-refractivity contribution in [3.63, 3.8) is 0 Å². The molecule has 10 heteroatoms. The van der Waals surface area contributed by atoms with Crippen LogP contribution in [0.25, 0.3) is 0 Å². The number of nitro benzene ring substituents is 1. The van der Waals surface area contributed by atoms with Gasteiger partial charge in [0, 0.05) is 16.7 Å². The van der Waals surface area contributed by atoms with Gasteiger partial charge < -0.3 is 19.5 Å². The van der Waals surface area contributed by atoms with Crippen molar-refractivity contribution in [2.45, 2.75) is 12.5 Å². The van der Waals surface area contributed by atoms with Gasteiger partial charge in [-0.05, 0) is 35.9 Å². The molecular weight excluding hydrogens is 464 g/mol. The molecule has 0 radical (unpaired) electrons. The molecule has 0 fully saturated rings.